The number of nitrogens with zero attached hydrogens (tertiary/aromatic N) is 2. The highest BCUT2D eigenvalue weighted by Gasteiger charge is 2.13. The minimum absolute atomic E-state index is 0.312. The van der Waals surface area contributed by atoms with Gasteiger partial charge < -0.3 is 5.32 Å². The number of benzene rings is 1. The molecule has 2 rings (SSSR count). The molecule has 0 unspecified atom stereocenters. The maximum Gasteiger partial charge on any atom is 0.161 e. The standard InChI is InChI=1S/C14H14BrFIN3/c1-3-4-11-12(17)14(18-2)20-13(19-11)8-5-6-9(15)10(16)7-8/h5-7H,3-4H2,1-2H3,(H,18,19,20). The number of rotatable bonds is 4. The smallest absolute Gasteiger partial charge is 0.161 e. The predicted molar refractivity (Wildman–Crippen MR) is 91.4 cm³/mol. The number of hydrogen-bond acceptors (Lipinski definition) is 3. The van der Waals surface area contributed by atoms with Gasteiger partial charge in [0.2, 0.25) is 0 Å². The van der Waals surface area contributed by atoms with Gasteiger partial charge in [-0.05, 0) is 63.1 Å². The number of aryl methyl sites for hydroxylation is 1. The van der Waals surface area contributed by atoms with Crippen molar-refractivity contribution in [1.82, 2.24) is 9.97 Å². The average molecular weight is 450 g/mol. The van der Waals surface area contributed by atoms with E-state index in [0.717, 1.165) is 27.9 Å². The van der Waals surface area contributed by atoms with E-state index in [9.17, 15) is 4.39 Å². The minimum Gasteiger partial charge on any atom is -0.372 e. The summed E-state index contributed by atoms with van der Waals surface area (Å²) >= 11 is 5.39. The van der Waals surface area contributed by atoms with Crippen LogP contribution in [0.1, 0.15) is 19.0 Å². The van der Waals surface area contributed by atoms with Gasteiger partial charge in [-0.3, -0.25) is 0 Å². The Morgan fingerprint density at radius 1 is 1.35 bits per heavy atom. The van der Waals surface area contributed by atoms with Crippen molar-refractivity contribution in [3.05, 3.63) is 37.8 Å². The normalized spacial score (nSPS) is 10.7. The third-order valence-corrected chi connectivity index (χ3v) is 4.60. The molecule has 0 bridgehead atoms. The van der Waals surface area contributed by atoms with Crippen LogP contribution in [0.3, 0.4) is 0 Å². The van der Waals surface area contributed by atoms with Crippen LogP contribution >= 0.6 is 38.5 Å². The van der Waals surface area contributed by atoms with Gasteiger partial charge in [0.1, 0.15) is 11.6 Å². The van der Waals surface area contributed by atoms with Crippen molar-refractivity contribution in [2.45, 2.75) is 19.8 Å². The van der Waals surface area contributed by atoms with Crippen molar-refractivity contribution in [2.75, 3.05) is 12.4 Å². The lowest BCUT2D eigenvalue weighted by atomic mass is 10.2. The number of anilines is 1. The molecule has 0 aliphatic carbocycles. The van der Waals surface area contributed by atoms with Crippen LogP contribution in [0.15, 0.2) is 22.7 Å². The van der Waals surface area contributed by atoms with E-state index in [1.165, 1.54) is 6.07 Å². The summed E-state index contributed by atoms with van der Waals surface area (Å²) in [5.74, 6) is 1.01. The lowest BCUT2D eigenvalue weighted by Crippen LogP contribution is -2.05. The van der Waals surface area contributed by atoms with Crippen molar-refractivity contribution < 1.29 is 4.39 Å². The Bertz CT molecular complexity index is 634. The van der Waals surface area contributed by atoms with Gasteiger partial charge in [-0.25, -0.2) is 14.4 Å². The summed E-state index contributed by atoms with van der Waals surface area (Å²) in [7, 11) is 1.83. The molecule has 0 radical (unpaired) electrons. The first-order valence-corrected chi connectivity index (χ1v) is 8.13. The van der Waals surface area contributed by atoms with E-state index in [4.69, 9.17) is 0 Å². The van der Waals surface area contributed by atoms with E-state index in [-0.39, 0.29) is 5.82 Å². The topological polar surface area (TPSA) is 37.8 Å². The zero-order valence-corrected chi connectivity index (χ0v) is 14.9. The van der Waals surface area contributed by atoms with Gasteiger partial charge in [0, 0.05) is 12.6 Å². The summed E-state index contributed by atoms with van der Waals surface area (Å²) in [5, 5.41) is 3.07. The fraction of sp³-hybridized carbons (Fsp3) is 0.286. The minimum atomic E-state index is -0.312. The Morgan fingerprint density at radius 3 is 2.70 bits per heavy atom. The maximum atomic E-state index is 13.7. The summed E-state index contributed by atoms with van der Waals surface area (Å²) in [6, 6.07) is 4.93. The summed E-state index contributed by atoms with van der Waals surface area (Å²) in [4.78, 5) is 9.03. The molecule has 1 heterocycles. The molecule has 1 aromatic heterocycles. The molecule has 0 saturated heterocycles. The van der Waals surface area contributed by atoms with E-state index < -0.39 is 0 Å². The third kappa shape index (κ3) is 3.28. The van der Waals surface area contributed by atoms with E-state index in [0.29, 0.717) is 15.9 Å². The molecule has 20 heavy (non-hydrogen) atoms. The van der Waals surface area contributed by atoms with Gasteiger partial charge in [-0.2, -0.15) is 0 Å². The Labute approximate surface area is 139 Å². The van der Waals surface area contributed by atoms with E-state index in [1.807, 2.05) is 13.1 Å². The van der Waals surface area contributed by atoms with Gasteiger partial charge in [0.05, 0.1) is 13.7 Å². The molecule has 0 saturated carbocycles. The molecule has 0 fully saturated rings. The van der Waals surface area contributed by atoms with E-state index in [1.54, 1.807) is 6.07 Å². The summed E-state index contributed by atoms with van der Waals surface area (Å²) < 4.78 is 15.1. The summed E-state index contributed by atoms with van der Waals surface area (Å²) in [5.41, 5.74) is 1.67. The first-order chi connectivity index (χ1) is 9.56. The highest BCUT2D eigenvalue weighted by atomic mass is 127. The SMILES string of the molecule is CCCc1nc(-c2ccc(Br)c(F)c2)nc(NC)c1I. The van der Waals surface area contributed by atoms with Crippen molar-refractivity contribution in [1.29, 1.82) is 0 Å². The number of aromatic nitrogens is 2. The van der Waals surface area contributed by atoms with Gasteiger partial charge in [0.25, 0.3) is 0 Å². The molecule has 0 aliphatic heterocycles. The lowest BCUT2D eigenvalue weighted by molar-refractivity contribution is 0.621. The zero-order chi connectivity index (χ0) is 14.7. The quantitative estimate of drug-likeness (QED) is 0.690. The Hall–Kier alpha value is -0.760. The van der Waals surface area contributed by atoms with Crippen LogP contribution in [0.25, 0.3) is 11.4 Å². The molecule has 0 atom stereocenters. The number of nitrogens with one attached hydrogen (secondary N) is 1. The van der Waals surface area contributed by atoms with Crippen molar-refractivity contribution in [3.63, 3.8) is 0 Å². The highest BCUT2D eigenvalue weighted by molar-refractivity contribution is 14.1. The van der Waals surface area contributed by atoms with Crippen LogP contribution in [-0.2, 0) is 6.42 Å². The van der Waals surface area contributed by atoms with Gasteiger partial charge in [-0.1, -0.05) is 13.3 Å². The zero-order valence-electron chi connectivity index (χ0n) is 11.2. The number of halogens is 3. The number of hydrogen-bond donors (Lipinski definition) is 1. The predicted octanol–water partition coefficient (Wildman–Crippen LogP) is 4.64. The molecule has 0 aliphatic rings. The van der Waals surface area contributed by atoms with Crippen molar-refractivity contribution in [2.24, 2.45) is 0 Å². The third-order valence-electron chi connectivity index (χ3n) is 2.82. The molecular weight excluding hydrogens is 436 g/mol. The first-order valence-electron chi connectivity index (χ1n) is 6.26. The van der Waals surface area contributed by atoms with Crippen LogP contribution in [0.2, 0.25) is 0 Å². The van der Waals surface area contributed by atoms with Gasteiger partial charge >= 0.3 is 0 Å². The van der Waals surface area contributed by atoms with Gasteiger partial charge in [-0.15, -0.1) is 0 Å². The Balaban J connectivity index is 2.55. The second-order valence-corrected chi connectivity index (χ2v) is 6.22. The molecule has 6 heteroatoms. The summed E-state index contributed by atoms with van der Waals surface area (Å²) in [6.07, 6.45) is 1.88. The largest absolute Gasteiger partial charge is 0.372 e. The van der Waals surface area contributed by atoms with E-state index in [2.05, 4.69) is 60.7 Å². The Kier molecular flexibility index (Phi) is 5.31. The average Bonchev–Trinajstić information content (AvgIpc) is 2.44. The van der Waals surface area contributed by atoms with Crippen LogP contribution in [-0.4, -0.2) is 17.0 Å². The first kappa shape index (κ1) is 15.6. The van der Waals surface area contributed by atoms with Crippen LogP contribution < -0.4 is 5.32 Å². The molecule has 2 aromatic rings. The lowest BCUT2D eigenvalue weighted by Gasteiger charge is -2.11. The van der Waals surface area contributed by atoms with Crippen molar-refractivity contribution >= 4 is 44.3 Å². The molecule has 0 amide bonds. The molecular formula is C14H14BrFIN3. The van der Waals surface area contributed by atoms with Gasteiger partial charge in [0.15, 0.2) is 5.82 Å². The van der Waals surface area contributed by atoms with Crippen molar-refractivity contribution in [3.8, 4) is 11.4 Å². The monoisotopic (exact) mass is 449 g/mol. The fourth-order valence-electron chi connectivity index (χ4n) is 1.83. The maximum absolute atomic E-state index is 13.7. The molecule has 106 valence electrons. The molecule has 0 spiro atoms. The fourth-order valence-corrected chi connectivity index (χ4v) is 2.85. The highest BCUT2D eigenvalue weighted by Crippen LogP contribution is 2.26. The second kappa shape index (κ2) is 6.80. The molecule has 3 nitrogen and oxygen atoms in total. The van der Waals surface area contributed by atoms with E-state index >= 15 is 0 Å². The van der Waals surface area contributed by atoms with Crippen LogP contribution in [0.5, 0.6) is 0 Å². The van der Waals surface area contributed by atoms with Crippen LogP contribution in [0.4, 0.5) is 10.2 Å². The molecule has 1 aromatic carbocycles. The Morgan fingerprint density at radius 2 is 2.10 bits per heavy atom. The van der Waals surface area contributed by atoms with Crippen LogP contribution in [0, 0.1) is 9.39 Å². The summed E-state index contributed by atoms with van der Waals surface area (Å²) in [6.45, 7) is 2.11. The molecule has 1 N–H and O–H groups in total. The second-order valence-electron chi connectivity index (χ2n) is 4.29.